The Bertz CT molecular complexity index is 473. The van der Waals surface area contributed by atoms with Crippen molar-refractivity contribution >= 4 is 6.09 Å². The monoisotopic (exact) mass is 288 g/mol. The zero-order chi connectivity index (χ0) is 14.8. The number of alkyl halides is 3. The first kappa shape index (κ1) is 14.6. The Balaban J connectivity index is 2.07. The van der Waals surface area contributed by atoms with E-state index in [9.17, 15) is 18.0 Å². The Morgan fingerprint density at radius 2 is 2.00 bits per heavy atom. The summed E-state index contributed by atoms with van der Waals surface area (Å²) in [7, 11) is 0. The van der Waals surface area contributed by atoms with Crippen LogP contribution < -0.4 is 5.32 Å². The number of halogens is 3. The largest absolute Gasteiger partial charge is 0.465 e. The lowest BCUT2D eigenvalue weighted by Crippen LogP contribution is -2.54. The molecule has 7 heteroatoms. The summed E-state index contributed by atoms with van der Waals surface area (Å²) in [5.74, 6) is 0. The molecule has 1 aromatic carbocycles. The fourth-order valence-electron chi connectivity index (χ4n) is 2.30. The van der Waals surface area contributed by atoms with E-state index in [1.165, 1.54) is 17.0 Å². The third-order valence-corrected chi connectivity index (χ3v) is 3.35. The summed E-state index contributed by atoms with van der Waals surface area (Å²) in [6, 6.07) is 4.60. The van der Waals surface area contributed by atoms with E-state index in [1.54, 1.807) is 0 Å². The number of nitrogens with one attached hydrogen (secondary N) is 1. The molecular formula is C13H15F3N2O2. The van der Waals surface area contributed by atoms with Crippen molar-refractivity contribution in [3.8, 4) is 0 Å². The Kier molecular flexibility index (Phi) is 4.17. The van der Waals surface area contributed by atoms with Crippen LogP contribution in [0.5, 0.6) is 0 Å². The lowest BCUT2D eigenvalue weighted by Gasteiger charge is -2.34. The summed E-state index contributed by atoms with van der Waals surface area (Å²) in [5, 5.41) is 12.2. The molecule has 2 N–H and O–H groups in total. The Morgan fingerprint density at radius 3 is 2.55 bits per heavy atom. The number of piperazine rings is 1. The molecule has 1 unspecified atom stereocenters. The summed E-state index contributed by atoms with van der Waals surface area (Å²) in [6.07, 6.45) is -4.95. The van der Waals surface area contributed by atoms with Crippen LogP contribution in [-0.2, 0) is 12.6 Å². The average Bonchev–Trinajstić information content (AvgIpc) is 2.38. The normalized spacial score (nSPS) is 19.9. The molecule has 1 fully saturated rings. The van der Waals surface area contributed by atoms with Crippen molar-refractivity contribution in [3.05, 3.63) is 35.4 Å². The van der Waals surface area contributed by atoms with Gasteiger partial charge in [0.25, 0.3) is 0 Å². The molecule has 0 bridgehead atoms. The third-order valence-electron chi connectivity index (χ3n) is 3.35. The summed E-state index contributed by atoms with van der Waals surface area (Å²) >= 11 is 0. The molecule has 2 rings (SSSR count). The Morgan fingerprint density at radius 1 is 1.35 bits per heavy atom. The molecular weight excluding hydrogens is 273 g/mol. The first-order chi connectivity index (χ1) is 9.38. The smallest absolute Gasteiger partial charge is 0.416 e. The van der Waals surface area contributed by atoms with Crippen molar-refractivity contribution in [2.24, 2.45) is 0 Å². The van der Waals surface area contributed by atoms with Crippen LogP contribution in [0.1, 0.15) is 11.1 Å². The Hall–Kier alpha value is -1.76. The molecule has 110 valence electrons. The minimum Gasteiger partial charge on any atom is -0.465 e. The highest BCUT2D eigenvalue weighted by molar-refractivity contribution is 5.65. The van der Waals surface area contributed by atoms with Gasteiger partial charge in [0, 0.05) is 19.6 Å². The number of benzene rings is 1. The van der Waals surface area contributed by atoms with Crippen LogP contribution >= 0.6 is 0 Å². The predicted molar refractivity (Wildman–Crippen MR) is 66.5 cm³/mol. The van der Waals surface area contributed by atoms with Gasteiger partial charge in [-0.1, -0.05) is 12.1 Å². The summed E-state index contributed by atoms with van der Waals surface area (Å²) < 4.78 is 37.4. The maximum Gasteiger partial charge on any atom is 0.416 e. The van der Waals surface area contributed by atoms with Crippen LogP contribution in [0.3, 0.4) is 0 Å². The topological polar surface area (TPSA) is 52.6 Å². The molecule has 1 amide bonds. The van der Waals surface area contributed by atoms with Crippen molar-refractivity contribution in [2.75, 3.05) is 19.6 Å². The molecule has 0 aliphatic carbocycles. The molecule has 1 saturated heterocycles. The van der Waals surface area contributed by atoms with E-state index < -0.39 is 17.8 Å². The van der Waals surface area contributed by atoms with Gasteiger partial charge in [-0.2, -0.15) is 13.2 Å². The SMILES string of the molecule is O=C(O)N1CCNCC1Cc1ccc(C(F)(F)F)cc1. The van der Waals surface area contributed by atoms with E-state index in [2.05, 4.69) is 5.32 Å². The molecule has 1 atom stereocenters. The quantitative estimate of drug-likeness (QED) is 0.877. The number of rotatable bonds is 2. The van der Waals surface area contributed by atoms with Crippen molar-refractivity contribution in [1.29, 1.82) is 0 Å². The lowest BCUT2D eigenvalue weighted by molar-refractivity contribution is -0.137. The second kappa shape index (κ2) is 5.70. The molecule has 0 spiro atoms. The van der Waals surface area contributed by atoms with Gasteiger partial charge in [0.15, 0.2) is 0 Å². The van der Waals surface area contributed by atoms with Crippen LogP contribution in [-0.4, -0.2) is 41.8 Å². The van der Waals surface area contributed by atoms with Gasteiger partial charge in [-0.25, -0.2) is 4.79 Å². The van der Waals surface area contributed by atoms with E-state index in [0.717, 1.165) is 12.1 Å². The van der Waals surface area contributed by atoms with Crippen molar-refractivity contribution in [3.63, 3.8) is 0 Å². The van der Waals surface area contributed by atoms with Crippen LogP contribution in [0.2, 0.25) is 0 Å². The molecule has 1 aromatic rings. The maximum atomic E-state index is 12.5. The number of nitrogens with zero attached hydrogens (tertiary/aromatic N) is 1. The highest BCUT2D eigenvalue weighted by Crippen LogP contribution is 2.29. The van der Waals surface area contributed by atoms with E-state index in [-0.39, 0.29) is 6.04 Å². The van der Waals surface area contributed by atoms with Gasteiger partial charge in [-0.15, -0.1) is 0 Å². The fourth-order valence-corrected chi connectivity index (χ4v) is 2.30. The first-order valence-corrected chi connectivity index (χ1v) is 6.24. The highest BCUT2D eigenvalue weighted by atomic mass is 19.4. The number of carboxylic acid groups (broad SMARTS) is 1. The number of amides is 1. The van der Waals surface area contributed by atoms with Crippen molar-refractivity contribution in [2.45, 2.75) is 18.6 Å². The molecule has 0 aromatic heterocycles. The van der Waals surface area contributed by atoms with Gasteiger partial charge >= 0.3 is 12.3 Å². The van der Waals surface area contributed by atoms with E-state index in [0.29, 0.717) is 31.6 Å². The van der Waals surface area contributed by atoms with Gasteiger partial charge in [0.05, 0.1) is 11.6 Å². The van der Waals surface area contributed by atoms with Gasteiger partial charge in [-0.05, 0) is 24.1 Å². The van der Waals surface area contributed by atoms with Crippen LogP contribution in [0.15, 0.2) is 24.3 Å². The van der Waals surface area contributed by atoms with Gasteiger partial charge < -0.3 is 15.3 Å². The minimum atomic E-state index is -4.35. The van der Waals surface area contributed by atoms with E-state index in [4.69, 9.17) is 5.11 Å². The molecule has 1 aliphatic heterocycles. The number of hydrogen-bond donors (Lipinski definition) is 2. The van der Waals surface area contributed by atoms with Gasteiger partial charge in [0.1, 0.15) is 0 Å². The molecule has 0 saturated carbocycles. The van der Waals surface area contributed by atoms with E-state index >= 15 is 0 Å². The second-order valence-electron chi connectivity index (χ2n) is 4.73. The summed E-state index contributed by atoms with van der Waals surface area (Å²) in [6.45, 7) is 1.49. The summed E-state index contributed by atoms with van der Waals surface area (Å²) in [4.78, 5) is 12.4. The molecule has 1 aliphatic rings. The van der Waals surface area contributed by atoms with E-state index in [1.807, 2.05) is 0 Å². The van der Waals surface area contributed by atoms with Crippen molar-refractivity contribution in [1.82, 2.24) is 10.2 Å². The zero-order valence-corrected chi connectivity index (χ0v) is 10.7. The molecule has 0 radical (unpaired) electrons. The lowest BCUT2D eigenvalue weighted by atomic mass is 10.0. The molecule has 4 nitrogen and oxygen atoms in total. The first-order valence-electron chi connectivity index (χ1n) is 6.24. The number of hydrogen-bond acceptors (Lipinski definition) is 2. The van der Waals surface area contributed by atoms with Gasteiger partial charge in [0.2, 0.25) is 0 Å². The fraction of sp³-hybridized carbons (Fsp3) is 0.462. The number of carbonyl (C=O) groups is 1. The third kappa shape index (κ3) is 3.41. The predicted octanol–water partition coefficient (Wildman–Crippen LogP) is 2.20. The molecule has 20 heavy (non-hydrogen) atoms. The highest BCUT2D eigenvalue weighted by Gasteiger charge is 2.30. The second-order valence-corrected chi connectivity index (χ2v) is 4.73. The van der Waals surface area contributed by atoms with Crippen LogP contribution in [0.25, 0.3) is 0 Å². The maximum absolute atomic E-state index is 12.5. The van der Waals surface area contributed by atoms with Gasteiger partial charge in [-0.3, -0.25) is 0 Å². The summed E-state index contributed by atoms with van der Waals surface area (Å²) in [5.41, 5.74) is -0.00365. The minimum absolute atomic E-state index is 0.252. The van der Waals surface area contributed by atoms with Crippen LogP contribution in [0, 0.1) is 0 Å². The average molecular weight is 288 g/mol. The van der Waals surface area contributed by atoms with Crippen molar-refractivity contribution < 1.29 is 23.1 Å². The Labute approximate surface area is 114 Å². The van der Waals surface area contributed by atoms with Crippen LogP contribution in [0.4, 0.5) is 18.0 Å². The standard InChI is InChI=1S/C13H15F3N2O2/c14-13(15,16)10-3-1-9(2-4-10)7-11-8-17-5-6-18(11)12(19)20/h1-4,11,17H,5-8H2,(H,19,20). The zero-order valence-electron chi connectivity index (χ0n) is 10.7. The molecule has 1 heterocycles.